The van der Waals surface area contributed by atoms with E-state index in [1.807, 2.05) is 19.3 Å². The number of nitrogens with one attached hydrogen (secondary N) is 1. The zero-order valence-electron chi connectivity index (χ0n) is 12.5. The summed E-state index contributed by atoms with van der Waals surface area (Å²) < 4.78 is 13.4. The normalized spacial score (nSPS) is 17.6. The van der Waals surface area contributed by atoms with E-state index in [0.29, 0.717) is 17.3 Å². The molecular weight excluding hydrogens is 265 g/mol. The molecule has 21 heavy (non-hydrogen) atoms. The van der Waals surface area contributed by atoms with Gasteiger partial charge in [0.05, 0.1) is 0 Å². The fraction of sp³-hybridized carbons (Fsp3) is 0.412. The minimum absolute atomic E-state index is 0.188. The van der Waals surface area contributed by atoms with E-state index in [0.717, 1.165) is 37.1 Å². The molecule has 1 N–H and O–H groups in total. The summed E-state index contributed by atoms with van der Waals surface area (Å²) in [5.41, 5.74) is 3.91. The molecule has 0 amide bonds. The molecule has 0 radical (unpaired) electrons. The highest BCUT2D eigenvalue weighted by Crippen LogP contribution is 2.26. The van der Waals surface area contributed by atoms with Crippen molar-refractivity contribution in [3.05, 3.63) is 47.0 Å². The summed E-state index contributed by atoms with van der Waals surface area (Å²) in [5.74, 6) is 1.18. The van der Waals surface area contributed by atoms with Crippen molar-refractivity contribution in [1.29, 1.82) is 0 Å². The Hall–Kier alpha value is -1.81. The number of aryl methyl sites for hydroxylation is 2. The Kier molecular flexibility index (Phi) is 3.97. The van der Waals surface area contributed by atoms with Crippen molar-refractivity contribution in [3.63, 3.8) is 0 Å². The predicted molar refractivity (Wildman–Crippen MR) is 81.6 cm³/mol. The molecule has 1 aliphatic carbocycles. The average molecular weight is 285 g/mol. The van der Waals surface area contributed by atoms with Crippen molar-refractivity contribution in [3.8, 4) is 11.4 Å². The van der Waals surface area contributed by atoms with Gasteiger partial charge in [0.25, 0.3) is 0 Å². The molecule has 0 aliphatic heterocycles. The SMILES string of the molecule is CNCC1CCc2nc(-c3ccc(F)c(C)c3)ncc2C1. The molecule has 1 aromatic heterocycles. The largest absolute Gasteiger partial charge is 0.319 e. The van der Waals surface area contributed by atoms with Gasteiger partial charge in [-0.25, -0.2) is 14.4 Å². The molecule has 1 atom stereocenters. The second-order valence-corrected chi connectivity index (χ2v) is 5.80. The Morgan fingerprint density at radius 3 is 3.00 bits per heavy atom. The molecule has 4 heteroatoms. The summed E-state index contributed by atoms with van der Waals surface area (Å²) in [6, 6.07) is 5.04. The first kappa shape index (κ1) is 14.1. The lowest BCUT2D eigenvalue weighted by Crippen LogP contribution is -2.25. The molecule has 2 aromatic rings. The highest BCUT2D eigenvalue weighted by molar-refractivity contribution is 5.56. The fourth-order valence-electron chi connectivity index (χ4n) is 2.97. The van der Waals surface area contributed by atoms with Gasteiger partial charge in [-0.15, -0.1) is 0 Å². The van der Waals surface area contributed by atoms with Gasteiger partial charge in [0, 0.05) is 17.5 Å². The summed E-state index contributed by atoms with van der Waals surface area (Å²) in [7, 11) is 1.99. The van der Waals surface area contributed by atoms with Gasteiger partial charge < -0.3 is 5.32 Å². The maximum atomic E-state index is 13.4. The van der Waals surface area contributed by atoms with Gasteiger partial charge in [-0.1, -0.05) is 0 Å². The zero-order chi connectivity index (χ0) is 14.8. The number of aromatic nitrogens is 2. The Balaban J connectivity index is 1.88. The highest BCUT2D eigenvalue weighted by Gasteiger charge is 2.20. The van der Waals surface area contributed by atoms with Crippen LogP contribution in [0.25, 0.3) is 11.4 Å². The minimum Gasteiger partial charge on any atom is -0.319 e. The molecule has 1 aliphatic rings. The average Bonchev–Trinajstić information content (AvgIpc) is 2.50. The van der Waals surface area contributed by atoms with Crippen molar-refractivity contribution in [2.24, 2.45) is 5.92 Å². The quantitative estimate of drug-likeness (QED) is 0.942. The Morgan fingerprint density at radius 2 is 2.24 bits per heavy atom. The van der Waals surface area contributed by atoms with E-state index in [2.05, 4.69) is 10.3 Å². The molecule has 0 saturated carbocycles. The van der Waals surface area contributed by atoms with Gasteiger partial charge in [0.1, 0.15) is 5.82 Å². The van der Waals surface area contributed by atoms with Crippen LogP contribution in [0.4, 0.5) is 4.39 Å². The summed E-state index contributed by atoms with van der Waals surface area (Å²) in [6.45, 7) is 2.80. The van der Waals surface area contributed by atoms with E-state index in [4.69, 9.17) is 4.98 Å². The van der Waals surface area contributed by atoms with E-state index in [1.165, 1.54) is 11.6 Å². The van der Waals surface area contributed by atoms with Crippen molar-refractivity contribution in [2.45, 2.75) is 26.2 Å². The Labute approximate surface area is 124 Å². The van der Waals surface area contributed by atoms with Crippen LogP contribution in [0.15, 0.2) is 24.4 Å². The van der Waals surface area contributed by atoms with Gasteiger partial charge in [0.2, 0.25) is 0 Å². The van der Waals surface area contributed by atoms with Crippen LogP contribution in [0.3, 0.4) is 0 Å². The summed E-state index contributed by atoms with van der Waals surface area (Å²) in [5, 5.41) is 3.24. The zero-order valence-corrected chi connectivity index (χ0v) is 12.5. The van der Waals surface area contributed by atoms with Crippen LogP contribution in [-0.4, -0.2) is 23.6 Å². The molecule has 0 saturated heterocycles. The summed E-state index contributed by atoms with van der Waals surface area (Å²) in [4.78, 5) is 9.17. The van der Waals surface area contributed by atoms with Crippen molar-refractivity contribution < 1.29 is 4.39 Å². The van der Waals surface area contributed by atoms with E-state index >= 15 is 0 Å². The van der Waals surface area contributed by atoms with Gasteiger partial charge in [-0.05, 0) is 75.0 Å². The third-order valence-electron chi connectivity index (χ3n) is 4.16. The second kappa shape index (κ2) is 5.90. The first-order chi connectivity index (χ1) is 10.2. The third-order valence-corrected chi connectivity index (χ3v) is 4.16. The highest BCUT2D eigenvalue weighted by atomic mass is 19.1. The molecular formula is C17H20FN3. The maximum absolute atomic E-state index is 13.4. The molecule has 3 nitrogen and oxygen atoms in total. The van der Waals surface area contributed by atoms with Crippen LogP contribution in [0.2, 0.25) is 0 Å². The summed E-state index contributed by atoms with van der Waals surface area (Å²) >= 11 is 0. The van der Waals surface area contributed by atoms with Crippen LogP contribution in [0.1, 0.15) is 23.2 Å². The molecule has 1 unspecified atom stereocenters. The maximum Gasteiger partial charge on any atom is 0.159 e. The molecule has 1 heterocycles. The monoisotopic (exact) mass is 285 g/mol. The molecule has 1 aromatic carbocycles. The lowest BCUT2D eigenvalue weighted by molar-refractivity contribution is 0.434. The fourth-order valence-corrected chi connectivity index (χ4v) is 2.97. The second-order valence-electron chi connectivity index (χ2n) is 5.80. The number of nitrogens with zero attached hydrogens (tertiary/aromatic N) is 2. The van der Waals surface area contributed by atoms with E-state index in [-0.39, 0.29) is 5.82 Å². The number of benzene rings is 1. The van der Waals surface area contributed by atoms with Crippen LogP contribution in [-0.2, 0) is 12.8 Å². The number of hydrogen-bond donors (Lipinski definition) is 1. The van der Waals surface area contributed by atoms with Crippen molar-refractivity contribution in [1.82, 2.24) is 15.3 Å². The van der Waals surface area contributed by atoms with Crippen LogP contribution in [0.5, 0.6) is 0 Å². The predicted octanol–water partition coefficient (Wildman–Crippen LogP) is 2.92. The number of fused-ring (bicyclic) bond motifs is 1. The number of hydrogen-bond acceptors (Lipinski definition) is 3. The lowest BCUT2D eigenvalue weighted by Gasteiger charge is -2.23. The van der Waals surface area contributed by atoms with Crippen LogP contribution < -0.4 is 5.32 Å². The van der Waals surface area contributed by atoms with Gasteiger partial charge in [0.15, 0.2) is 5.82 Å². The molecule has 0 spiro atoms. The van der Waals surface area contributed by atoms with E-state index in [9.17, 15) is 4.39 Å². The van der Waals surface area contributed by atoms with Gasteiger partial charge in [-0.3, -0.25) is 0 Å². The standard InChI is InChI=1S/C17H20FN3/c1-11-7-13(4-5-15(11)18)17-20-10-14-8-12(9-19-2)3-6-16(14)21-17/h4-5,7,10,12,19H,3,6,8-9H2,1-2H3. The first-order valence-corrected chi connectivity index (χ1v) is 7.43. The Bertz CT molecular complexity index is 654. The third kappa shape index (κ3) is 2.95. The molecule has 0 fully saturated rings. The van der Waals surface area contributed by atoms with Crippen molar-refractivity contribution >= 4 is 0 Å². The van der Waals surface area contributed by atoms with Crippen molar-refractivity contribution in [2.75, 3.05) is 13.6 Å². The van der Waals surface area contributed by atoms with Crippen LogP contribution >= 0.6 is 0 Å². The Morgan fingerprint density at radius 1 is 1.38 bits per heavy atom. The lowest BCUT2D eigenvalue weighted by atomic mass is 9.87. The summed E-state index contributed by atoms with van der Waals surface area (Å²) in [6.07, 6.45) is 5.14. The minimum atomic E-state index is -0.188. The van der Waals surface area contributed by atoms with Gasteiger partial charge in [-0.2, -0.15) is 0 Å². The topological polar surface area (TPSA) is 37.8 Å². The number of halogens is 1. The van der Waals surface area contributed by atoms with Gasteiger partial charge >= 0.3 is 0 Å². The van der Waals surface area contributed by atoms with E-state index < -0.39 is 0 Å². The molecule has 3 rings (SSSR count). The first-order valence-electron chi connectivity index (χ1n) is 7.43. The number of rotatable bonds is 3. The molecule has 110 valence electrons. The van der Waals surface area contributed by atoms with E-state index in [1.54, 1.807) is 13.0 Å². The smallest absolute Gasteiger partial charge is 0.159 e. The van der Waals surface area contributed by atoms with Crippen LogP contribution in [0, 0.1) is 18.7 Å². The molecule has 0 bridgehead atoms.